The normalized spacial score (nSPS) is 14.0. The van der Waals surface area contributed by atoms with Crippen LogP contribution in [0.2, 0.25) is 5.02 Å². The second kappa shape index (κ2) is 11.9. The van der Waals surface area contributed by atoms with Crippen LogP contribution in [0.4, 0.5) is 10.1 Å². The van der Waals surface area contributed by atoms with Crippen LogP contribution >= 0.6 is 11.6 Å². The molecule has 1 aromatic heterocycles. The molecule has 37 heavy (non-hydrogen) atoms. The lowest BCUT2D eigenvalue weighted by Crippen LogP contribution is -2.38. The van der Waals surface area contributed by atoms with E-state index in [1.165, 1.54) is 44.7 Å². The number of piperidine rings is 1. The van der Waals surface area contributed by atoms with E-state index in [-0.39, 0.29) is 17.7 Å². The summed E-state index contributed by atoms with van der Waals surface area (Å²) in [5.41, 5.74) is 2.69. The number of carbonyl (C=O) groups is 2. The minimum absolute atomic E-state index is 0.145. The number of hydrogen-bond donors (Lipinski definition) is 1. The van der Waals surface area contributed by atoms with Crippen molar-refractivity contribution in [1.29, 1.82) is 0 Å². The van der Waals surface area contributed by atoms with Crippen molar-refractivity contribution < 1.29 is 23.5 Å². The van der Waals surface area contributed by atoms with Crippen LogP contribution in [0, 0.1) is 5.82 Å². The zero-order valence-electron chi connectivity index (χ0n) is 20.5. The summed E-state index contributed by atoms with van der Waals surface area (Å²) in [5.74, 6) is 0.0379. The van der Waals surface area contributed by atoms with Gasteiger partial charge in [0.15, 0.2) is 0 Å². The molecule has 0 spiro atoms. The Morgan fingerprint density at radius 2 is 1.81 bits per heavy atom. The Labute approximate surface area is 219 Å². The summed E-state index contributed by atoms with van der Waals surface area (Å²) in [6.45, 7) is 1.21. The number of rotatable bonds is 7. The number of methoxy groups -OCH3 is 2. The van der Waals surface area contributed by atoms with Gasteiger partial charge in [0.2, 0.25) is 11.8 Å². The van der Waals surface area contributed by atoms with E-state index in [0.717, 1.165) is 18.4 Å². The first-order valence-corrected chi connectivity index (χ1v) is 12.2. The van der Waals surface area contributed by atoms with E-state index in [2.05, 4.69) is 10.3 Å². The van der Waals surface area contributed by atoms with Crippen LogP contribution in [0.1, 0.15) is 40.2 Å². The summed E-state index contributed by atoms with van der Waals surface area (Å²) in [7, 11) is 2.93. The number of nitrogens with one attached hydrogen (secondary N) is 1. The summed E-state index contributed by atoms with van der Waals surface area (Å²) >= 11 is 6.03. The lowest BCUT2D eigenvalue weighted by molar-refractivity contribution is -0.111. The molecule has 3 aromatic rings. The molecule has 0 atom stereocenters. The van der Waals surface area contributed by atoms with E-state index in [4.69, 9.17) is 21.1 Å². The number of anilines is 1. The minimum Gasteiger partial charge on any atom is -0.497 e. The van der Waals surface area contributed by atoms with Crippen molar-refractivity contribution in [2.24, 2.45) is 0 Å². The van der Waals surface area contributed by atoms with Gasteiger partial charge in [-0.2, -0.15) is 0 Å². The second-order valence-electron chi connectivity index (χ2n) is 8.65. The number of halogens is 2. The van der Waals surface area contributed by atoms with Crippen molar-refractivity contribution in [3.8, 4) is 11.6 Å². The highest BCUT2D eigenvalue weighted by Gasteiger charge is 2.27. The Morgan fingerprint density at radius 1 is 1.08 bits per heavy atom. The van der Waals surface area contributed by atoms with Crippen molar-refractivity contribution in [3.63, 3.8) is 0 Å². The van der Waals surface area contributed by atoms with Gasteiger partial charge in [0, 0.05) is 37.1 Å². The van der Waals surface area contributed by atoms with Gasteiger partial charge < -0.3 is 19.7 Å². The van der Waals surface area contributed by atoms with Gasteiger partial charge in [0.25, 0.3) is 5.91 Å². The monoisotopic (exact) mass is 523 g/mol. The van der Waals surface area contributed by atoms with Gasteiger partial charge in [-0.15, -0.1) is 0 Å². The largest absolute Gasteiger partial charge is 0.497 e. The zero-order chi connectivity index (χ0) is 26.4. The van der Waals surface area contributed by atoms with E-state index >= 15 is 0 Å². The first-order valence-electron chi connectivity index (χ1n) is 11.8. The molecule has 7 nitrogen and oxygen atoms in total. The van der Waals surface area contributed by atoms with Crippen molar-refractivity contribution in [1.82, 2.24) is 9.88 Å². The highest BCUT2D eigenvalue weighted by atomic mass is 35.5. The number of pyridine rings is 1. The average Bonchev–Trinajstić information content (AvgIpc) is 2.91. The average molecular weight is 524 g/mol. The van der Waals surface area contributed by atoms with Crippen LogP contribution in [0.5, 0.6) is 11.6 Å². The smallest absolute Gasteiger partial charge is 0.259 e. The number of ether oxygens (including phenoxy) is 2. The van der Waals surface area contributed by atoms with Crippen LogP contribution in [0.3, 0.4) is 0 Å². The third-order valence-electron chi connectivity index (χ3n) is 6.23. The van der Waals surface area contributed by atoms with E-state index in [0.29, 0.717) is 46.6 Å². The fourth-order valence-corrected chi connectivity index (χ4v) is 4.48. The summed E-state index contributed by atoms with van der Waals surface area (Å²) in [6.07, 6.45) is 5.95. The molecule has 1 aliphatic heterocycles. The lowest BCUT2D eigenvalue weighted by atomic mass is 9.89. The summed E-state index contributed by atoms with van der Waals surface area (Å²) in [6, 6.07) is 13.5. The molecule has 1 N–H and O–H groups in total. The SMILES string of the molecule is COc1cc(F)cc(/C=C/C(=O)Nc2ccc(C3CCN(C(=O)c4cc(Cl)cnc4OC)CC3)cc2)c1. The van der Waals surface area contributed by atoms with Crippen molar-refractivity contribution in [2.45, 2.75) is 18.8 Å². The van der Waals surface area contributed by atoms with E-state index in [1.807, 2.05) is 24.3 Å². The van der Waals surface area contributed by atoms with Gasteiger partial charge in [-0.25, -0.2) is 9.37 Å². The second-order valence-corrected chi connectivity index (χ2v) is 9.08. The molecule has 2 aromatic carbocycles. The highest BCUT2D eigenvalue weighted by Crippen LogP contribution is 2.31. The zero-order valence-corrected chi connectivity index (χ0v) is 21.3. The lowest BCUT2D eigenvalue weighted by Gasteiger charge is -2.32. The molecule has 0 bridgehead atoms. The number of hydrogen-bond acceptors (Lipinski definition) is 5. The maximum atomic E-state index is 13.6. The quantitative estimate of drug-likeness (QED) is 0.410. The van der Waals surface area contributed by atoms with Gasteiger partial charge in [-0.3, -0.25) is 9.59 Å². The first kappa shape index (κ1) is 26.2. The topological polar surface area (TPSA) is 80.8 Å². The van der Waals surface area contributed by atoms with Crippen LogP contribution in [-0.4, -0.2) is 49.0 Å². The Bertz CT molecular complexity index is 1310. The summed E-state index contributed by atoms with van der Waals surface area (Å²) < 4.78 is 23.9. The number of nitrogens with zero attached hydrogens (tertiary/aromatic N) is 2. The standard InChI is InChI=1S/C28H27ClFN3O4/c1-36-24-14-18(13-22(30)16-24)3-8-26(34)32-23-6-4-19(5-7-23)20-9-11-33(12-10-20)28(35)25-15-21(29)17-31-27(25)37-2/h3-8,13-17,20H,9-12H2,1-2H3,(H,32,34)/b8-3+. The Morgan fingerprint density at radius 3 is 2.49 bits per heavy atom. The molecule has 1 aliphatic rings. The molecule has 192 valence electrons. The van der Waals surface area contributed by atoms with E-state index in [9.17, 15) is 14.0 Å². The van der Waals surface area contributed by atoms with Crippen molar-refractivity contribution in [3.05, 3.63) is 88.3 Å². The van der Waals surface area contributed by atoms with E-state index < -0.39 is 5.82 Å². The minimum atomic E-state index is -0.439. The van der Waals surface area contributed by atoms with Gasteiger partial charge in [-0.1, -0.05) is 23.7 Å². The fraction of sp³-hybridized carbons (Fsp3) is 0.250. The van der Waals surface area contributed by atoms with Crippen LogP contribution in [0.25, 0.3) is 6.08 Å². The first-order chi connectivity index (χ1) is 17.9. The van der Waals surface area contributed by atoms with Crippen molar-refractivity contribution >= 4 is 35.2 Å². The molecule has 2 heterocycles. The number of benzene rings is 2. The third-order valence-corrected chi connectivity index (χ3v) is 6.44. The number of likely N-dealkylation sites (tertiary alicyclic amines) is 1. The maximum Gasteiger partial charge on any atom is 0.259 e. The van der Waals surface area contributed by atoms with Gasteiger partial charge in [0.05, 0.1) is 19.2 Å². The summed E-state index contributed by atoms with van der Waals surface area (Å²) in [5, 5.41) is 3.19. The highest BCUT2D eigenvalue weighted by molar-refractivity contribution is 6.30. The van der Waals surface area contributed by atoms with Gasteiger partial charge >= 0.3 is 0 Å². The molecule has 0 radical (unpaired) electrons. The maximum absolute atomic E-state index is 13.6. The van der Waals surface area contributed by atoms with Crippen LogP contribution in [0.15, 0.2) is 60.8 Å². The Hall–Kier alpha value is -3.91. The predicted octanol–water partition coefficient (Wildman–Crippen LogP) is 5.56. The molecule has 0 saturated carbocycles. The Balaban J connectivity index is 1.32. The molecule has 0 unspecified atom stereocenters. The fourth-order valence-electron chi connectivity index (χ4n) is 4.32. The molecule has 1 saturated heterocycles. The predicted molar refractivity (Wildman–Crippen MR) is 141 cm³/mol. The van der Waals surface area contributed by atoms with Crippen LogP contribution in [-0.2, 0) is 4.79 Å². The third kappa shape index (κ3) is 6.65. The molecular formula is C28H27ClFN3O4. The van der Waals surface area contributed by atoms with Crippen molar-refractivity contribution in [2.75, 3.05) is 32.6 Å². The van der Waals surface area contributed by atoms with Gasteiger partial charge in [0.1, 0.15) is 17.1 Å². The molecule has 0 aliphatic carbocycles. The number of aromatic nitrogens is 1. The number of carbonyl (C=O) groups excluding carboxylic acids is 2. The van der Waals surface area contributed by atoms with Gasteiger partial charge in [-0.05, 0) is 66.3 Å². The molecular weight excluding hydrogens is 497 g/mol. The Kier molecular flexibility index (Phi) is 8.40. The number of amides is 2. The summed E-state index contributed by atoms with van der Waals surface area (Å²) in [4.78, 5) is 31.2. The molecule has 9 heteroatoms. The molecule has 1 fully saturated rings. The van der Waals surface area contributed by atoms with Crippen LogP contribution < -0.4 is 14.8 Å². The molecule has 4 rings (SSSR count). The molecule has 2 amide bonds. The van der Waals surface area contributed by atoms with E-state index in [1.54, 1.807) is 17.0 Å².